The van der Waals surface area contributed by atoms with E-state index in [0.29, 0.717) is 41.7 Å². The third-order valence-electron chi connectivity index (χ3n) is 9.20. The fourth-order valence-electron chi connectivity index (χ4n) is 6.56. The number of aliphatic hydroxyl groups excluding tert-OH is 1. The van der Waals surface area contributed by atoms with Crippen molar-refractivity contribution in [1.29, 1.82) is 0 Å². The van der Waals surface area contributed by atoms with Crippen LogP contribution < -0.4 is 5.32 Å². The second-order valence-corrected chi connectivity index (χ2v) is 13.2. The maximum atomic E-state index is 16.8. The Bertz CT molecular complexity index is 1660. The standard InChI is InChI=1S/C31H32Cl2F2N4O4.C3H6O3/c1-2-30(41,29(35)8-10-36-11-9-29)20-13-24-27(25(34)14-20)31(43-23-7-12-42-18-23,19-3-5-21(32)6-4-19)39(28(24)40)17-26-37-15-22(33)16-38-26;1-2(4)3(5)6/h3-6,13-16,23,36,41H,2,7-12,17-18H2,1H3;2,4H,1H3,(H,5,6)/t23-,30?,31+;/m0./s1. The normalized spacial score (nSPS) is 23.3. The molecule has 0 spiro atoms. The van der Waals surface area contributed by atoms with Crippen molar-refractivity contribution in [3.63, 3.8) is 0 Å². The van der Waals surface area contributed by atoms with Gasteiger partial charge in [0.2, 0.25) is 5.72 Å². The zero-order valence-electron chi connectivity index (χ0n) is 27.0. The predicted molar refractivity (Wildman–Crippen MR) is 175 cm³/mol. The molecule has 15 heteroatoms. The van der Waals surface area contributed by atoms with Gasteiger partial charge in [0.05, 0.1) is 35.4 Å². The monoisotopic (exact) mass is 722 g/mol. The number of aromatic nitrogens is 2. The van der Waals surface area contributed by atoms with Crippen LogP contribution in [0, 0.1) is 5.82 Å². The van der Waals surface area contributed by atoms with Gasteiger partial charge >= 0.3 is 5.97 Å². The Morgan fingerprint density at radius 1 is 1.18 bits per heavy atom. The van der Waals surface area contributed by atoms with Crippen LogP contribution in [0.5, 0.6) is 0 Å². The van der Waals surface area contributed by atoms with Crippen LogP contribution >= 0.6 is 23.2 Å². The van der Waals surface area contributed by atoms with E-state index >= 15 is 8.78 Å². The molecule has 4 N–H and O–H groups in total. The summed E-state index contributed by atoms with van der Waals surface area (Å²) in [5.74, 6) is -2.33. The maximum Gasteiger partial charge on any atom is 0.332 e. The first-order valence-electron chi connectivity index (χ1n) is 15.9. The maximum absolute atomic E-state index is 16.8. The molecular weight excluding hydrogens is 685 g/mol. The highest BCUT2D eigenvalue weighted by Crippen LogP contribution is 2.51. The number of nitrogens with one attached hydrogen (secondary N) is 1. The molecule has 4 heterocycles. The van der Waals surface area contributed by atoms with Crippen molar-refractivity contribution >= 4 is 35.1 Å². The molecule has 1 aromatic heterocycles. The van der Waals surface area contributed by atoms with Crippen molar-refractivity contribution in [3.05, 3.63) is 92.7 Å². The SMILES string of the molecule is CC(O)C(=O)O.CCC(O)(c1cc(F)c2c(c1)C(=O)N(Cc1ncc(Cl)cn1)[C@@]2(O[C@H]1CCOC1)c1ccc(Cl)cc1)C1(F)CCNCC1. The number of aliphatic carboxylic acids is 1. The number of fused-ring (bicyclic) bond motifs is 1. The Balaban J connectivity index is 0.000000717. The minimum absolute atomic E-state index is 0.00259. The van der Waals surface area contributed by atoms with Gasteiger partial charge in [-0.2, -0.15) is 0 Å². The molecule has 3 aliphatic heterocycles. The fraction of sp³-hybridized carbons (Fsp3) is 0.471. The molecule has 0 bridgehead atoms. The number of halogens is 4. The third kappa shape index (κ3) is 7.16. The van der Waals surface area contributed by atoms with E-state index in [1.54, 1.807) is 31.2 Å². The molecule has 49 heavy (non-hydrogen) atoms. The number of hydrogen-bond acceptors (Lipinski definition) is 9. The van der Waals surface area contributed by atoms with Crippen LogP contribution in [-0.2, 0) is 32.1 Å². The Labute approximate surface area is 292 Å². The molecule has 2 unspecified atom stereocenters. The first-order valence-corrected chi connectivity index (χ1v) is 16.7. The van der Waals surface area contributed by atoms with Gasteiger partial charge in [-0.1, -0.05) is 42.3 Å². The van der Waals surface area contributed by atoms with Crippen LogP contribution in [0.1, 0.15) is 72.4 Å². The Hall–Kier alpha value is -3.30. The molecule has 11 nitrogen and oxygen atoms in total. The zero-order chi connectivity index (χ0) is 35.6. The highest BCUT2D eigenvalue weighted by atomic mass is 35.5. The molecule has 6 rings (SSSR count). The van der Waals surface area contributed by atoms with Crippen molar-refractivity contribution in [3.8, 4) is 0 Å². The number of nitrogens with zero attached hydrogens (tertiary/aromatic N) is 3. The number of piperidine rings is 1. The van der Waals surface area contributed by atoms with E-state index in [2.05, 4.69) is 15.3 Å². The third-order valence-corrected chi connectivity index (χ3v) is 9.65. The molecule has 2 saturated heterocycles. The molecule has 0 aliphatic carbocycles. The second kappa shape index (κ2) is 14.9. The lowest BCUT2D eigenvalue weighted by Crippen LogP contribution is -2.54. The van der Waals surface area contributed by atoms with Crippen molar-refractivity contribution in [2.75, 3.05) is 26.3 Å². The summed E-state index contributed by atoms with van der Waals surface area (Å²) < 4.78 is 45.5. The van der Waals surface area contributed by atoms with Crippen LogP contribution in [0.4, 0.5) is 8.78 Å². The number of carboxylic acid groups (broad SMARTS) is 1. The molecule has 4 atom stereocenters. The second-order valence-electron chi connectivity index (χ2n) is 12.3. The van der Waals surface area contributed by atoms with E-state index in [1.807, 2.05) is 0 Å². The number of carboxylic acids is 1. The van der Waals surface area contributed by atoms with Gasteiger partial charge in [-0.15, -0.1) is 0 Å². The van der Waals surface area contributed by atoms with Crippen molar-refractivity contribution in [2.24, 2.45) is 0 Å². The Morgan fingerprint density at radius 2 is 1.82 bits per heavy atom. The van der Waals surface area contributed by atoms with Crippen molar-refractivity contribution < 1.29 is 43.2 Å². The number of carbonyl (C=O) groups excluding carboxylic acids is 1. The summed E-state index contributed by atoms with van der Waals surface area (Å²) in [7, 11) is 0. The van der Waals surface area contributed by atoms with E-state index in [1.165, 1.54) is 30.3 Å². The lowest BCUT2D eigenvalue weighted by atomic mass is 9.71. The van der Waals surface area contributed by atoms with Gasteiger partial charge in [-0.3, -0.25) is 9.69 Å². The lowest BCUT2D eigenvalue weighted by molar-refractivity contribution is -0.149. The summed E-state index contributed by atoms with van der Waals surface area (Å²) in [5, 5.41) is 31.5. The number of carbonyl (C=O) groups is 2. The molecular formula is C34H38Cl2F2N4O7. The van der Waals surface area contributed by atoms with E-state index in [0.717, 1.165) is 6.07 Å². The average Bonchev–Trinajstić information content (AvgIpc) is 3.67. The fourth-order valence-corrected chi connectivity index (χ4v) is 6.78. The minimum atomic E-state index is -2.03. The highest BCUT2D eigenvalue weighted by molar-refractivity contribution is 6.30. The van der Waals surface area contributed by atoms with Gasteiger partial charge in [-0.05, 0) is 75.5 Å². The summed E-state index contributed by atoms with van der Waals surface area (Å²) in [4.78, 5) is 33.8. The molecule has 2 fully saturated rings. The zero-order valence-corrected chi connectivity index (χ0v) is 28.5. The number of aliphatic hydroxyl groups is 2. The van der Waals surface area contributed by atoms with E-state index < -0.39 is 46.9 Å². The first kappa shape index (κ1) is 37.0. The molecule has 0 radical (unpaired) electrons. The van der Waals surface area contributed by atoms with Gasteiger partial charge in [0, 0.05) is 29.6 Å². The molecule has 3 aliphatic rings. The largest absolute Gasteiger partial charge is 0.479 e. The smallest absolute Gasteiger partial charge is 0.332 e. The minimum Gasteiger partial charge on any atom is -0.479 e. The molecule has 2 aromatic carbocycles. The molecule has 264 valence electrons. The van der Waals surface area contributed by atoms with E-state index in [-0.39, 0.29) is 54.9 Å². The lowest BCUT2D eigenvalue weighted by Gasteiger charge is -2.44. The van der Waals surface area contributed by atoms with Gasteiger partial charge < -0.3 is 30.1 Å². The number of benzene rings is 2. The highest BCUT2D eigenvalue weighted by Gasteiger charge is 2.58. The quantitative estimate of drug-likeness (QED) is 0.244. The van der Waals surface area contributed by atoms with E-state index in [9.17, 15) is 14.7 Å². The summed E-state index contributed by atoms with van der Waals surface area (Å²) in [6.45, 7) is 4.13. The Morgan fingerprint density at radius 3 is 2.37 bits per heavy atom. The van der Waals surface area contributed by atoms with Gasteiger partial charge in [0.1, 0.15) is 29.0 Å². The first-order chi connectivity index (χ1) is 23.3. The van der Waals surface area contributed by atoms with Gasteiger partial charge in [0.25, 0.3) is 5.91 Å². The van der Waals surface area contributed by atoms with Gasteiger partial charge in [0.15, 0.2) is 0 Å². The molecule has 0 saturated carbocycles. The van der Waals surface area contributed by atoms with Crippen LogP contribution in [0.2, 0.25) is 10.0 Å². The van der Waals surface area contributed by atoms with Crippen LogP contribution in [0.15, 0.2) is 48.8 Å². The van der Waals surface area contributed by atoms with Crippen molar-refractivity contribution in [2.45, 2.75) is 75.3 Å². The van der Waals surface area contributed by atoms with Crippen molar-refractivity contribution in [1.82, 2.24) is 20.2 Å². The number of alkyl halides is 1. The van der Waals surface area contributed by atoms with Crippen LogP contribution in [0.3, 0.4) is 0 Å². The number of amides is 1. The summed E-state index contributed by atoms with van der Waals surface area (Å²) in [6.07, 6.45) is 1.71. The van der Waals surface area contributed by atoms with Crippen LogP contribution in [-0.4, -0.2) is 86.2 Å². The summed E-state index contributed by atoms with van der Waals surface area (Å²) >= 11 is 12.2. The predicted octanol–water partition coefficient (Wildman–Crippen LogP) is 4.73. The van der Waals surface area contributed by atoms with Gasteiger partial charge in [-0.25, -0.2) is 23.5 Å². The summed E-state index contributed by atoms with van der Waals surface area (Å²) in [5.41, 5.74) is -5.44. The number of ether oxygens (including phenoxy) is 2. The molecule has 1 amide bonds. The topological polar surface area (TPSA) is 154 Å². The molecule has 3 aromatic rings. The van der Waals surface area contributed by atoms with Crippen LogP contribution in [0.25, 0.3) is 0 Å². The average molecular weight is 724 g/mol. The number of hydrogen-bond donors (Lipinski definition) is 4. The van der Waals surface area contributed by atoms with E-state index in [4.69, 9.17) is 42.9 Å². The number of rotatable bonds is 9. The summed E-state index contributed by atoms with van der Waals surface area (Å²) in [6, 6.07) is 9.18. The Kier molecular flexibility index (Phi) is 11.2.